The van der Waals surface area contributed by atoms with Crippen LogP contribution in [0.15, 0.2) is 23.1 Å². The summed E-state index contributed by atoms with van der Waals surface area (Å²) in [5.74, 6) is 0.511. The van der Waals surface area contributed by atoms with Crippen LogP contribution in [0.1, 0.15) is 34.1 Å². The Labute approximate surface area is 145 Å². The van der Waals surface area contributed by atoms with Gasteiger partial charge >= 0.3 is 0 Å². The highest BCUT2D eigenvalue weighted by Gasteiger charge is 2.31. The van der Waals surface area contributed by atoms with E-state index in [-0.39, 0.29) is 17.0 Å². The zero-order valence-corrected chi connectivity index (χ0v) is 14.2. The number of fused-ring (bicyclic) bond motifs is 4. The van der Waals surface area contributed by atoms with Crippen molar-refractivity contribution in [3.05, 3.63) is 45.6 Å². The van der Waals surface area contributed by atoms with E-state index in [1.807, 2.05) is 19.2 Å². The summed E-state index contributed by atoms with van der Waals surface area (Å²) in [6.45, 7) is 5.32. The molecule has 4 heterocycles. The zero-order chi connectivity index (χ0) is 17.4. The van der Waals surface area contributed by atoms with Gasteiger partial charge in [-0.1, -0.05) is 5.21 Å². The molecule has 1 saturated heterocycles. The standard InChI is InChI=1S/C17H22N6O2/c1-11-9-22(21-20-11)5-4-19-16(24)14-2-3-15-13-6-12(7-18-8-13)10-23(15)17(14)25/h2-3,9,12-13,18H,4-8,10H2,1H3,(H,19,24)/t12-,13+/m0/s1. The molecule has 0 unspecified atom stereocenters. The number of nitrogens with one attached hydrogen (secondary N) is 2. The minimum atomic E-state index is -0.328. The Morgan fingerprint density at radius 3 is 3.08 bits per heavy atom. The highest BCUT2D eigenvalue weighted by atomic mass is 16.2. The molecule has 2 bridgehead atoms. The van der Waals surface area contributed by atoms with Gasteiger partial charge in [0.05, 0.1) is 12.2 Å². The van der Waals surface area contributed by atoms with Crippen LogP contribution in [0.4, 0.5) is 0 Å². The van der Waals surface area contributed by atoms with Crippen LogP contribution in [0.2, 0.25) is 0 Å². The van der Waals surface area contributed by atoms with Gasteiger partial charge in [-0.05, 0) is 37.9 Å². The highest BCUT2D eigenvalue weighted by Crippen LogP contribution is 2.31. The second kappa shape index (κ2) is 6.44. The molecule has 0 aromatic carbocycles. The number of carbonyl (C=O) groups excluding carboxylic acids is 1. The number of rotatable bonds is 4. The minimum absolute atomic E-state index is 0.178. The van der Waals surface area contributed by atoms with Crippen molar-refractivity contribution in [3.8, 4) is 0 Å². The summed E-state index contributed by atoms with van der Waals surface area (Å²) >= 11 is 0. The summed E-state index contributed by atoms with van der Waals surface area (Å²) in [6.07, 6.45) is 2.93. The van der Waals surface area contributed by atoms with Crippen molar-refractivity contribution in [2.45, 2.75) is 32.4 Å². The fourth-order valence-electron chi connectivity index (χ4n) is 3.85. The van der Waals surface area contributed by atoms with Crippen molar-refractivity contribution in [2.75, 3.05) is 19.6 Å². The Hall–Kier alpha value is -2.48. The zero-order valence-electron chi connectivity index (χ0n) is 14.2. The van der Waals surface area contributed by atoms with Crippen molar-refractivity contribution in [1.82, 2.24) is 30.2 Å². The summed E-state index contributed by atoms with van der Waals surface area (Å²) in [6, 6.07) is 3.60. The average molecular weight is 342 g/mol. The first-order valence-electron chi connectivity index (χ1n) is 8.71. The molecular weight excluding hydrogens is 320 g/mol. The molecule has 1 amide bonds. The van der Waals surface area contributed by atoms with Crippen LogP contribution in [0.25, 0.3) is 0 Å². The second-order valence-corrected chi connectivity index (χ2v) is 6.92. The lowest BCUT2D eigenvalue weighted by Gasteiger charge is -2.37. The summed E-state index contributed by atoms with van der Waals surface area (Å²) in [7, 11) is 0. The van der Waals surface area contributed by atoms with Crippen LogP contribution >= 0.6 is 0 Å². The fourth-order valence-corrected chi connectivity index (χ4v) is 3.85. The molecule has 8 heteroatoms. The van der Waals surface area contributed by atoms with Crippen LogP contribution in [0.3, 0.4) is 0 Å². The van der Waals surface area contributed by atoms with Gasteiger partial charge in [0.15, 0.2) is 0 Å². The Morgan fingerprint density at radius 2 is 2.28 bits per heavy atom. The molecule has 0 radical (unpaired) electrons. The van der Waals surface area contributed by atoms with Crippen LogP contribution < -0.4 is 16.2 Å². The molecular formula is C17H22N6O2. The van der Waals surface area contributed by atoms with E-state index in [1.165, 1.54) is 0 Å². The molecule has 0 aliphatic carbocycles. The number of hydrogen-bond acceptors (Lipinski definition) is 5. The normalized spacial score (nSPS) is 21.6. The van der Waals surface area contributed by atoms with Gasteiger partial charge < -0.3 is 15.2 Å². The van der Waals surface area contributed by atoms with Gasteiger partial charge in [0.2, 0.25) is 0 Å². The molecule has 2 aromatic heterocycles. The van der Waals surface area contributed by atoms with E-state index >= 15 is 0 Å². The predicted octanol–water partition coefficient (Wildman–Crippen LogP) is -0.115. The Morgan fingerprint density at radius 1 is 1.40 bits per heavy atom. The van der Waals surface area contributed by atoms with E-state index in [2.05, 4.69) is 20.9 Å². The van der Waals surface area contributed by atoms with E-state index in [0.29, 0.717) is 31.5 Å². The van der Waals surface area contributed by atoms with E-state index in [0.717, 1.165) is 30.9 Å². The number of aromatic nitrogens is 4. The van der Waals surface area contributed by atoms with Gasteiger partial charge in [-0.25, -0.2) is 0 Å². The average Bonchev–Trinajstić information content (AvgIpc) is 3.01. The van der Waals surface area contributed by atoms with Crippen molar-refractivity contribution >= 4 is 5.91 Å². The number of aryl methyl sites for hydroxylation is 1. The lowest BCUT2D eigenvalue weighted by molar-refractivity contribution is 0.0949. The Balaban J connectivity index is 1.48. The van der Waals surface area contributed by atoms with E-state index in [9.17, 15) is 9.59 Å². The molecule has 2 atom stereocenters. The van der Waals surface area contributed by atoms with Gasteiger partial charge in [-0.3, -0.25) is 14.3 Å². The molecule has 0 saturated carbocycles. The highest BCUT2D eigenvalue weighted by molar-refractivity contribution is 5.93. The maximum absolute atomic E-state index is 12.8. The second-order valence-electron chi connectivity index (χ2n) is 6.92. The Bertz CT molecular complexity index is 855. The van der Waals surface area contributed by atoms with Crippen molar-refractivity contribution < 1.29 is 4.79 Å². The summed E-state index contributed by atoms with van der Waals surface area (Å²) in [5, 5.41) is 14.1. The van der Waals surface area contributed by atoms with Crippen LogP contribution in [0.5, 0.6) is 0 Å². The smallest absolute Gasteiger partial charge is 0.263 e. The fraction of sp³-hybridized carbons (Fsp3) is 0.529. The third-order valence-corrected chi connectivity index (χ3v) is 5.03. The van der Waals surface area contributed by atoms with Crippen LogP contribution in [-0.4, -0.2) is 45.1 Å². The third kappa shape index (κ3) is 3.09. The molecule has 0 spiro atoms. The molecule has 2 N–H and O–H groups in total. The molecule has 132 valence electrons. The van der Waals surface area contributed by atoms with Gasteiger partial charge in [-0.2, -0.15) is 0 Å². The number of pyridine rings is 1. The maximum Gasteiger partial charge on any atom is 0.263 e. The number of piperidine rings is 1. The van der Waals surface area contributed by atoms with Gasteiger partial charge in [0.25, 0.3) is 11.5 Å². The number of nitrogens with zero attached hydrogens (tertiary/aromatic N) is 4. The van der Waals surface area contributed by atoms with E-state index < -0.39 is 0 Å². The van der Waals surface area contributed by atoms with Crippen LogP contribution in [-0.2, 0) is 13.1 Å². The first-order valence-corrected chi connectivity index (χ1v) is 8.71. The largest absolute Gasteiger partial charge is 0.350 e. The third-order valence-electron chi connectivity index (χ3n) is 5.03. The summed E-state index contributed by atoms with van der Waals surface area (Å²) in [5.41, 5.74) is 1.91. The molecule has 2 aliphatic heterocycles. The monoisotopic (exact) mass is 342 g/mol. The topological polar surface area (TPSA) is 93.8 Å². The number of carbonyl (C=O) groups is 1. The Kier molecular flexibility index (Phi) is 4.12. The van der Waals surface area contributed by atoms with E-state index in [4.69, 9.17) is 0 Å². The molecule has 2 aliphatic rings. The van der Waals surface area contributed by atoms with Gasteiger partial charge in [0.1, 0.15) is 5.56 Å². The first kappa shape index (κ1) is 16.0. The number of amides is 1. The number of hydrogen-bond donors (Lipinski definition) is 2. The molecule has 2 aromatic rings. The van der Waals surface area contributed by atoms with Crippen molar-refractivity contribution in [3.63, 3.8) is 0 Å². The summed E-state index contributed by atoms with van der Waals surface area (Å²) in [4.78, 5) is 25.2. The van der Waals surface area contributed by atoms with Crippen molar-refractivity contribution in [1.29, 1.82) is 0 Å². The minimum Gasteiger partial charge on any atom is -0.350 e. The first-order chi connectivity index (χ1) is 12.1. The van der Waals surface area contributed by atoms with Gasteiger partial charge in [0, 0.05) is 37.4 Å². The van der Waals surface area contributed by atoms with Crippen LogP contribution in [0, 0.1) is 12.8 Å². The molecule has 1 fully saturated rings. The van der Waals surface area contributed by atoms with E-state index in [1.54, 1.807) is 15.3 Å². The lowest BCUT2D eigenvalue weighted by Crippen LogP contribution is -2.46. The molecule has 4 rings (SSSR count). The predicted molar refractivity (Wildman–Crippen MR) is 91.5 cm³/mol. The van der Waals surface area contributed by atoms with Crippen molar-refractivity contribution in [2.24, 2.45) is 5.92 Å². The SMILES string of the molecule is Cc1cn(CCNC(=O)c2ccc3n(c2=O)C[C@@H]2CNC[C@H]3C2)nn1. The summed E-state index contributed by atoms with van der Waals surface area (Å²) < 4.78 is 3.47. The quantitative estimate of drug-likeness (QED) is 0.808. The molecule has 25 heavy (non-hydrogen) atoms. The lowest BCUT2D eigenvalue weighted by atomic mass is 9.84. The maximum atomic E-state index is 12.8. The molecule has 8 nitrogen and oxygen atoms in total. The van der Waals surface area contributed by atoms with Gasteiger partial charge in [-0.15, -0.1) is 5.10 Å².